The molecule has 116 valence electrons. The topological polar surface area (TPSA) is 93.8 Å². The number of carbonyl (C=O) groups is 1. The number of halogens is 2. The first-order valence-corrected chi connectivity index (χ1v) is 8.04. The normalized spacial score (nSPS) is 12.7. The fourth-order valence-corrected chi connectivity index (χ4v) is 3.64. The molecule has 0 aromatic carbocycles. The predicted molar refractivity (Wildman–Crippen MR) is 86.7 cm³/mol. The lowest BCUT2D eigenvalue weighted by Gasteiger charge is -2.15. The maximum atomic E-state index is 12.4. The molecule has 0 aliphatic heterocycles. The number of aromatic nitrogens is 3. The number of aliphatic hydroxyl groups is 1. The number of carbonyl (C=O) groups excluding carboxylic acids is 1. The zero-order valence-electron chi connectivity index (χ0n) is 11.2. The molecule has 3 aromatic rings. The van der Waals surface area contributed by atoms with Gasteiger partial charge in [-0.15, -0.1) is 11.3 Å². The molecule has 3 heterocycles. The lowest BCUT2D eigenvalue weighted by atomic mass is 10.1. The molecule has 6 nitrogen and oxygen atoms in total. The zero-order chi connectivity index (χ0) is 15.7. The van der Waals surface area contributed by atoms with Gasteiger partial charge in [-0.1, -0.05) is 23.2 Å². The molecule has 9 heteroatoms. The first kappa shape index (κ1) is 15.4. The highest BCUT2D eigenvalue weighted by molar-refractivity contribution is 7.23. The molecule has 4 N–H and O–H groups in total. The number of hydrogen-bond acceptors (Lipinski definition) is 4. The van der Waals surface area contributed by atoms with Gasteiger partial charge in [0, 0.05) is 12.8 Å². The Morgan fingerprint density at radius 3 is 2.95 bits per heavy atom. The van der Waals surface area contributed by atoms with Gasteiger partial charge in [-0.2, -0.15) is 0 Å². The van der Waals surface area contributed by atoms with Crippen molar-refractivity contribution in [2.75, 3.05) is 6.61 Å². The number of hydrogen-bond donors (Lipinski definition) is 4. The number of amides is 1. The monoisotopic (exact) mass is 358 g/mol. The van der Waals surface area contributed by atoms with E-state index in [-0.39, 0.29) is 18.6 Å². The van der Waals surface area contributed by atoms with Gasteiger partial charge in [0.05, 0.1) is 33.3 Å². The number of fused-ring (bicyclic) bond motifs is 1. The minimum Gasteiger partial charge on any atom is -0.396 e. The Labute approximate surface area is 139 Å². The van der Waals surface area contributed by atoms with Gasteiger partial charge in [0.25, 0.3) is 5.91 Å². The summed E-state index contributed by atoms with van der Waals surface area (Å²) in [4.78, 5) is 22.3. The van der Waals surface area contributed by atoms with E-state index in [1.807, 2.05) is 0 Å². The fraction of sp³-hybridized carbons (Fsp3) is 0.231. The molecule has 0 saturated carbocycles. The summed E-state index contributed by atoms with van der Waals surface area (Å²) < 4.78 is 1.31. The highest BCUT2D eigenvalue weighted by Gasteiger charge is 2.20. The van der Waals surface area contributed by atoms with E-state index in [9.17, 15) is 4.79 Å². The van der Waals surface area contributed by atoms with Crippen LogP contribution in [0.4, 0.5) is 0 Å². The molecule has 0 spiro atoms. The van der Waals surface area contributed by atoms with Crippen molar-refractivity contribution >= 4 is 50.7 Å². The Hall–Kier alpha value is -1.54. The van der Waals surface area contributed by atoms with Gasteiger partial charge in [-0.25, -0.2) is 4.98 Å². The van der Waals surface area contributed by atoms with E-state index in [1.54, 1.807) is 12.3 Å². The summed E-state index contributed by atoms with van der Waals surface area (Å²) in [6.45, 7) is -0.0565. The molecular formula is C13H12Cl2N4O2S. The lowest BCUT2D eigenvalue weighted by molar-refractivity contribution is 0.0925. The lowest BCUT2D eigenvalue weighted by Crippen LogP contribution is -2.29. The first-order chi connectivity index (χ1) is 10.6. The van der Waals surface area contributed by atoms with Crippen LogP contribution in [0.15, 0.2) is 18.6 Å². The molecule has 22 heavy (non-hydrogen) atoms. The Morgan fingerprint density at radius 2 is 2.32 bits per heavy atom. The SMILES string of the molecule is O=C(NC(CCO)c1c[nH]cn1)c1cc2sc(Cl)c(Cl)c2[nH]1. The maximum Gasteiger partial charge on any atom is 0.268 e. The van der Waals surface area contributed by atoms with Crippen LogP contribution in [0.2, 0.25) is 9.36 Å². The summed E-state index contributed by atoms with van der Waals surface area (Å²) in [5.41, 5.74) is 1.70. The minimum atomic E-state index is -0.371. The second kappa shape index (κ2) is 6.29. The van der Waals surface area contributed by atoms with Crippen LogP contribution in [0.1, 0.15) is 28.6 Å². The molecule has 0 bridgehead atoms. The van der Waals surface area contributed by atoms with Crippen molar-refractivity contribution in [2.24, 2.45) is 0 Å². The number of aromatic amines is 2. The van der Waals surface area contributed by atoms with E-state index in [0.29, 0.717) is 32.7 Å². The average molecular weight is 359 g/mol. The second-order valence-corrected chi connectivity index (χ2v) is 6.68. The van der Waals surface area contributed by atoms with Crippen molar-refractivity contribution in [3.05, 3.63) is 39.3 Å². The van der Waals surface area contributed by atoms with E-state index in [1.165, 1.54) is 17.7 Å². The average Bonchev–Trinajstić information content (AvgIpc) is 3.19. The Bertz CT molecular complexity index is 797. The van der Waals surface area contributed by atoms with Crippen molar-refractivity contribution in [1.29, 1.82) is 0 Å². The molecule has 1 amide bonds. The Morgan fingerprint density at radius 1 is 1.50 bits per heavy atom. The highest BCUT2D eigenvalue weighted by Crippen LogP contribution is 2.38. The van der Waals surface area contributed by atoms with Crippen molar-refractivity contribution in [3.63, 3.8) is 0 Å². The van der Waals surface area contributed by atoms with Gasteiger partial charge in [-0.3, -0.25) is 4.79 Å². The molecule has 0 fully saturated rings. The molecule has 1 unspecified atom stereocenters. The molecular weight excluding hydrogens is 347 g/mol. The van der Waals surface area contributed by atoms with Crippen LogP contribution in [0.25, 0.3) is 10.2 Å². The first-order valence-electron chi connectivity index (χ1n) is 6.47. The van der Waals surface area contributed by atoms with Crippen molar-refractivity contribution in [1.82, 2.24) is 20.3 Å². The van der Waals surface area contributed by atoms with Crippen molar-refractivity contribution in [3.8, 4) is 0 Å². The molecule has 0 saturated heterocycles. The quantitative estimate of drug-likeness (QED) is 0.564. The number of rotatable bonds is 5. The zero-order valence-corrected chi connectivity index (χ0v) is 13.5. The standard InChI is InChI=1S/C13H12Cl2N4O2S/c14-10-11-9(22-12(10)15)3-7(18-11)13(21)19-6(1-2-20)8-4-16-5-17-8/h3-6,18,20H,1-2H2,(H,16,17)(H,19,21). The van der Waals surface area contributed by atoms with Gasteiger partial charge in [-0.05, 0) is 12.5 Å². The third-order valence-electron chi connectivity index (χ3n) is 3.22. The molecule has 3 aromatic heterocycles. The van der Waals surface area contributed by atoms with Gasteiger partial charge >= 0.3 is 0 Å². The largest absolute Gasteiger partial charge is 0.396 e. The van der Waals surface area contributed by atoms with E-state index >= 15 is 0 Å². The van der Waals surface area contributed by atoms with Crippen LogP contribution >= 0.6 is 34.5 Å². The van der Waals surface area contributed by atoms with Crippen LogP contribution in [-0.4, -0.2) is 32.6 Å². The highest BCUT2D eigenvalue weighted by atomic mass is 35.5. The molecule has 1 atom stereocenters. The van der Waals surface area contributed by atoms with E-state index < -0.39 is 0 Å². The number of aliphatic hydroxyl groups excluding tert-OH is 1. The van der Waals surface area contributed by atoms with Crippen LogP contribution < -0.4 is 5.32 Å². The Balaban J connectivity index is 1.82. The summed E-state index contributed by atoms with van der Waals surface area (Å²) in [7, 11) is 0. The molecule has 3 rings (SSSR count). The summed E-state index contributed by atoms with van der Waals surface area (Å²) >= 11 is 13.3. The second-order valence-electron chi connectivity index (χ2n) is 4.64. The molecule has 0 aliphatic carbocycles. The van der Waals surface area contributed by atoms with Gasteiger partial charge < -0.3 is 20.4 Å². The number of thiophene rings is 1. The van der Waals surface area contributed by atoms with Crippen LogP contribution in [-0.2, 0) is 0 Å². The van der Waals surface area contributed by atoms with Crippen LogP contribution in [0, 0.1) is 0 Å². The van der Waals surface area contributed by atoms with Gasteiger partial charge in [0.15, 0.2) is 0 Å². The van der Waals surface area contributed by atoms with E-state index in [0.717, 1.165) is 4.70 Å². The maximum absolute atomic E-state index is 12.4. The van der Waals surface area contributed by atoms with Crippen LogP contribution in [0.5, 0.6) is 0 Å². The van der Waals surface area contributed by atoms with E-state index in [2.05, 4.69) is 20.3 Å². The summed E-state index contributed by atoms with van der Waals surface area (Å²) in [6, 6.07) is 1.33. The third kappa shape index (κ3) is 2.85. The molecule has 0 radical (unpaired) electrons. The predicted octanol–water partition coefficient (Wildman–Crippen LogP) is 3.11. The number of nitrogens with one attached hydrogen (secondary N) is 3. The van der Waals surface area contributed by atoms with Crippen molar-refractivity contribution in [2.45, 2.75) is 12.5 Å². The van der Waals surface area contributed by atoms with Gasteiger partial charge in [0.2, 0.25) is 0 Å². The van der Waals surface area contributed by atoms with Crippen LogP contribution in [0.3, 0.4) is 0 Å². The smallest absolute Gasteiger partial charge is 0.268 e. The summed E-state index contributed by atoms with van der Waals surface area (Å²) in [5.74, 6) is -0.294. The fourth-order valence-electron chi connectivity index (χ4n) is 2.16. The minimum absolute atomic E-state index is 0.0565. The third-order valence-corrected chi connectivity index (χ3v) is 5.15. The number of imidazole rings is 1. The number of H-pyrrole nitrogens is 2. The van der Waals surface area contributed by atoms with Gasteiger partial charge in [0.1, 0.15) is 10.0 Å². The summed E-state index contributed by atoms with van der Waals surface area (Å²) in [6.07, 6.45) is 3.58. The van der Waals surface area contributed by atoms with E-state index in [4.69, 9.17) is 28.3 Å². The summed E-state index contributed by atoms with van der Waals surface area (Å²) in [5, 5.41) is 12.4. The number of nitrogens with zero attached hydrogens (tertiary/aromatic N) is 1. The molecule has 0 aliphatic rings. The Kier molecular flexibility index (Phi) is 4.39. The van der Waals surface area contributed by atoms with Crippen molar-refractivity contribution < 1.29 is 9.90 Å².